The average Bonchev–Trinajstić information content (AvgIpc) is 3.24. The van der Waals surface area contributed by atoms with E-state index in [1.807, 2.05) is 35.2 Å². The number of rotatable bonds is 7. The number of ether oxygens (including phenoxy) is 2. The Bertz CT molecular complexity index is 1220. The fourth-order valence-corrected chi connectivity index (χ4v) is 5.06. The van der Waals surface area contributed by atoms with Crippen molar-refractivity contribution in [3.63, 3.8) is 0 Å². The van der Waals surface area contributed by atoms with Gasteiger partial charge in [0.05, 0.1) is 22.8 Å². The van der Waals surface area contributed by atoms with E-state index in [9.17, 15) is 9.18 Å². The zero-order valence-electron chi connectivity index (χ0n) is 19.1. The van der Waals surface area contributed by atoms with Crippen LogP contribution < -0.4 is 10.1 Å². The molecule has 1 saturated heterocycles. The highest BCUT2D eigenvalue weighted by Crippen LogP contribution is 2.28. The lowest BCUT2D eigenvalue weighted by atomic mass is 9.90. The molecule has 2 heterocycles. The quantitative estimate of drug-likeness (QED) is 0.417. The van der Waals surface area contributed by atoms with Crippen LogP contribution in [0.2, 0.25) is 10.0 Å². The number of nitrogens with zero attached hydrogens (tertiary/aromatic N) is 2. The maximum atomic E-state index is 13.6. The summed E-state index contributed by atoms with van der Waals surface area (Å²) in [6.07, 6.45) is 3.08. The summed E-state index contributed by atoms with van der Waals surface area (Å²) >= 11 is 11.8. The van der Waals surface area contributed by atoms with Gasteiger partial charge in [0.2, 0.25) is 0 Å². The standard InChI is InChI=1S/C26H26Cl2FN3O3/c27-17-2-10-25-16(11-17)1-3-19(31-25)13-30-18-4-6-20(7-5-18)32-14-22(35-26(32)33)15-34-21-8-9-23(28)24(29)12-21/h1-3,8-12,18,20,22,30H,4-7,13-15H2/t18-,20-,22?. The van der Waals surface area contributed by atoms with Gasteiger partial charge in [-0.2, -0.15) is 0 Å². The summed E-state index contributed by atoms with van der Waals surface area (Å²) in [6.45, 7) is 1.35. The highest BCUT2D eigenvalue weighted by atomic mass is 35.5. The third-order valence-corrected chi connectivity index (χ3v) is 7.19. The fraction of sp³-hybridized carbons (Fsp3) is 0.385. The molecule has 2 fully saturated rings. The molecule has 184 valence electrons. The molecule has 1 saturated carbocycles. The third-order valence-electron chi connectivity index (χ3n) is 6.65. The molecule has 0 spiro atoms. The zero-order valence-corrected chi connectivity index (χ0v) is 20.6. The molecule has 1 aliphatic carbocycles. The van der Waals surface area contributed by atoms with Gasteiger partial charge in [0.15, 0.2) is 6.10 Å². The van der Waals surface area contributed by atoms with Crippen molar-refractivity contribution in [1.29, 1.82) is 0 Å². The van der Waals surface area contributed by atoms with Gasteiger partial charge in [0.25, 0.3) is 0 Å². The lowest BCUT2D eigenvalue weighted by Crippen LogP contribution is -2.43. The molecule has 3 aromatic rings. The van der Waals surface area contributed by atoms with Gasteiger partial charge < -0.3 is 19.7 Å². The van der Waals surface area contributed by atoms with Crippen molar-refractivity contribution >= 4 is 40.2 Å². The molecule has 9 heteroatoms. The first-order valence-corrected chi connectivity index (χ1v) is 12.5. The zero-order chi connectivity index (χ0) is 24.4. The topological polar surface area (TPSA) is 63.7 Å². The smallest absolute Gasteiger partial charge is 0.410 e. The van der Waals surface area contributed by atoms with E-state index in [0.717, 1.165) is 42.3 Å². The Balaban J connectivity index is 1.07. The number of amides is 1. The molecule has 1 atom stereocenters. The number of benzene rings is 2. The highest BCUT2D eigenvalue weighted by molar-refractivity contribution is 6.31. The molecule has 1 aliphatic heterocycles. The summed E-state index contributed by atoms with van der Waals surface area (Å²) in [5.74, 6) is -0.182. The fourth-order valence-electron chi connectivity index (χ4n) is 4.76. The third kappa shape index (κ3) is 5.80. The first-order valence-electron chi connectivity index (χ1n) is 11.8. The maximum absolute atomic E-state index is 13.6. The van der Waals surface area contributed by atoms with E-state index in [4.69, 9.17) is 37.7 Å². The average molecular weight is 518 g/mol. The van der Waals surface area contributed by atoms with Crippen LogP contribution in [0.5, 0.6) is 5.75 Å². The van der Waals surface area contributed by atoms with Crippen LogP contribution in [-0.4, -0.2) is 47.3 Å². The highest BCUT2D eigenvalue weighted by Gasteiger charge is 2.38. The molecule has 1 aromatic heterocycles. The summed E-state index contributed by atoms with van der Waals surface area (Å²) in [5, 5.41) is 5.39. The van der Waals surface area contributed by atoms with Crippen molar-refractivity contribution < 1.29 is 18.7 Å². The molecule has 0 bridgehead atoms. The van der Waals surface area contributed by atoms with Gasteiger partial charge in [-0.3, -0.25) is 4.98 Å². The maximum Gasteiger partial charge on any atom is 0.410 e. The summed E-state index contributed by atoms with van der Waals surface area (Å²) in [6, 6.07) is 14.6. The second-order valence-electron chi connectivity index (χ2n) is 9.07. The molecule has 35 heavy (non-hydrogen) atoms. The lowest BCUT2D eigenvalue weighted by molar-refractivity contribution is 0.0999. The van der Waals surface area contributed by atoms with Crippen molar-refractivity contribution in [2.45, 2.75) is 50.4 Å². The summed E-state index contributed by atoms with van der Waals surface area (Å²) in [5.41, 5.74) is 1.93. The Kier molecular flexibility index (Phi) is 7.27. The van der Waals surface area contributed by atoms with Gasteiger partial charge in [-0.1, -0.05) is 29.3 Å². The minimum atomic E-state index is -0.541. The lowest BCUT2D eigenvalue weighted by Gasteiger charge is -2.33. The molecule has 5 rings (SSSR count). The van der Waals surface area contributed by atoms with E-state index in [0.29, 0.717) is 29.9 Å². The van der Waals surface area contributed by atoms with Crippen molar-refractivity contribution in [3.05, 3.63) is 70.1 Å². The summed E-state index contributed by atoms with van der Waals surface area (Å²) in [7, 11) is 0. The molecule has 2 aromatic carbocycles. The van der Waals surface area contributed by atoms with E-state index < -0.39 is 5.82 Å². The number of carbonyl (C=O) groups is 1. The number of halogens is 3. The van der Waals surface area contributed by atoms with Crippen LogP contribution in [-0.2, 0) is 11.3 Å². The van der Waals surface area contributed by atoms with Crippen LogP contribution in [0.25, 0.3) is 10.9 Å². The molecular formula is C26H26Cl2FN3O3. The van der Waals surface area contributed by atoms with Gasteiger partial charge in [-0.05, 0) is 62.1 Å². The first kappa shape index (κ1) is 24.1. The van der Waals surface area contributed by atoms with Gasteiger partial charge in [0.1, 0.15) is 18.2 Å². The molecule has 2 aliphatic rings. The van der Waals surface area contributed by atoms with Gasteiger partial charge in [-0.25, -0.2) is 9.18 Å². The van der Waals surface area contributed by atoms with Crippen LogP contribution in [0.1, 0.15) is 31.4 Å². The predicted octanol–water partition coefficient (Wildman–Crippen LogP) is 5.98. The number of aromatic nitrogens is 1. The van der Waals surface area contributed by atoms with Gasteiger partial charge in [-0.15, -0.1) is 0 Å². The number of fused-ring (bicyclic) bond motifs is 1. The van der Waals surface area contributed by atoms with Gasteiger partial charge >= 0.3 is 6.09 Å². The van der Waals surface area contributed by atoms with E-state index in [2.05, 4.69) is 5.32 Å². The number of cyclic esters (lactones) is 1. The number of hydrogen-bond acceptors (Lipinski definition) is 5. The van der Waals surface area contributed by atoms with Crippen LogP contribution in [0.4, 0.5) is 9.18 Å². The molecular weight excluding hydrogens is 492 g/mol. The molecule has 1 amide bonds. The van der Waals surface area contributed by atoms with Crippen molar-refractivity contribution in [2.24, 2.45) is 0 Å². The minimum Gasteiger partial charge on any atom is -0.490 e. The largest absolute Gasteiger partial charge is 0.490 e. The van der Waals surface area contributed by atoms with Crippen LogP contribution in [0, 0.1) is 5.82 Å². The van der Waals surface area contributed by atoms with E-state index in [1.165, 1.54) is 12.1 Å². The molecule has 1 N–H and O–H groups in total. The Morgan fingerprint density at radius 2 is 1.91 bits per heavy atom. The first-order chi connectivity index (χ1) is 16.9. The number of nitrogens with one attached hydrogen (secondary N) is 1. The number of hydrogen-bond donors (Lipinski definition) is 1. The van der Waals surface area contributed by atoms with Gasteiger partial charge in [0, 0.05) is 35.1 Å². The van der Waals surface area contributed by atoms with Crippen LogP contribution in [0.15, 0.2) is 48.5 Å². The summed E-state index contributed by atoms with van der Waals surface area (Å²) < 4.78 is 24.7. The Morgan fingerprint density at radius 1 is 1.09 bits per heavy atom. The minimum absolute atomic E-state index is 0.0415. The monoisotopic (exact) mass is 517 g/mol. The number of carbonyl (C=O) groups excluding carboxylic acids is 1. The normalized spacial score (nSPS) is 22.4. The Hall–Kier alpha value is -2.61. The predicted molar refractivity (Wildman–Crippen MR) is 134 cm³/mol. The SMILES string of the molecule is O=C1OC(COc2ccc(Cl)c(F)c2)CN1[C@H]1CC[C@H](NCc2ccc3cc(Cl)ccc3n2)CC1. The van der Waals surface area contributed by atoms with Crippen LogP contribution in [0.3, 0.4) is 0 Å². The van der Waals surface area contributed by atoms with Crippen LogP contribution >= 0.6 is 23.2 Å². The second-order valence-corrected chi connectivity index (χ2v) is 9.91. The van der Waals surface area contributed by atoms with E-state index >= 15 is 0 Å². The van der Waals surface area contributed by atoms with E-state index in [-0.39, 0.29) is 29.9 Å². The Morgan fingerprint density at radius 3 is 2.71 bits per heavy atom. The number of pyridine rings is 1. The summed E-state index contributed by atoms with van der Waals surface area (Å²) in [4.78, 5) is 19.0. The van der Waals surface area contributed by atoms with E-state index in [1.54, 1.807) is 6.07 Å². The Labute approximate surface area is 213 Å². The van der Waals surface area contributed by atoms with Crippen molar-refractivity contribution in [3.8, 4) is 5.75 Å². The molecule has 6 nitrogen and oxygen atoms in total. The van der Waals surface area contributed by atoms with Crippen molar-refractivity contribution in [2.75, 3.05) is 13.2 Å². The second kappa shape index (κ2) is 10.6. The van der Waals surface area contributed by atoms with Crippen molar-refractivity contribution in [1.82, 2.24) is 15.2 Å². The molecule has 1 unspecified atom stereocenters. The molecule has 0 radical (unpaired) electrons.